The van der Waals surface area contributed by atoms with E-state index in [0.717, 1.165) is 72.0 Å². The van der Waals surface area contributed by atoms with Gasteiger partial charge in [0.1, 0.15) is 5.52 Å². The van der Waals surface area contributed by atoms with Crippen LogP contribution in [0, 0.1) is 0 Å². The fourth-order valence-corrected chi connectivity index (χ4v) is 7.03. The average Bonchev–Trinajstić information content (AvgIpc) is 3.81. The number of para-hydroxylation sites is 1. The molecule has 0 fully saturated rings. The van der Waals surface area contributed by atoms with E-state index in [2.05, 4.69) is 77.4 Å². The highest BCUT2D eigenvalue weighted by Crippen LogP contribution is 2.40. The van der Waals surface area contributed by atoms with Crippen LogP contribution in [0.1, 0.15) is 0 Å². The van der Waals surface area contributed by atoms with E-state index >= 15 is 0 Å². The fourth-order valence-electron chi connectivity index (χ4n) is 7.03. The van der Waals surface area contributed by atoms with Crippen molar-refractivity contribution in [2.24, 2.45) is 0 Å². The summed E-state index contributed by atoms with van der Waals surface area (Å²) >= 11 is 0. The van der Waals surface area contributed by atoms with Gasteiger partial charge in [-0.1, -0.05) is 121 Å². The lowest BCUT2D eigenvalue weighted by atomic mass is 10.00. The molecular weight excluding hydrogens is 639 g/mol. The van der Waals surface area contributed by atoms with Gasteiger partial charge in [-0.25, -0.2) is 19.9 Å². The molecule has 3 aromatic heterocycles. The van der Waals surface area contributed by atoms with Gasteiger partial charge >= 0.3 is 0 Å². The van der Waals surface area contributed by atoms with Crippen molar-refractivity contribution < 1.29 is 4.42 Å². The lowest BCUT2D eigenvalue weighted by Crippen LogP contribution is -2.00. The highest BCUT2D eigenvalue weighted by molar-refractivity contribution is 6.16. The van der Waals surface area contributed by atoms with Gasteiger partial charge in [-0.2, -0.15) is 0 Å². The monoisotopic (exact) mass is 667 g/mol. The Morgan fingerprint density at radius 3 is 1.65 bits per heavy atom. The molecule has 52 heavy (non-hydrogen) atoms. The first kappa shape index (κ1) is 29.7. The van der Waals surface area contributed by atoms with E-state index < -0.39 is 0 Å². The van der Waals surface area contributed by atoms with E-state index in [4.69, 9.17) is 24.4 Å². The Morgan fingerprint density at radius 2 is 0.981 bits per heavy atom. The zero-order chi connectivity index (χ0) is 34.4. The van der Waals surface area contributed by atoms with Crippen LogP contribution in [0.15, 0.2) is 180 Å². The zero-order valence-electron chi connectivity index (χ0n) is 27.9. The van der Waals surface area contributed by atoms with Gasteiger partial charge in [-0.05, 0) is 65.7 Å². The summed E-state index contributed by atoms with van der Waals surface area (Å²) < 4.78 is 8.46. The van der Waals surface area contributed by atoms with E-state index in [1.165, 1.54) is 0 Å². The number of aromatic nitrogens is 5. The van der Waals surface area contributed by atoms with Crippen molar-refractivity contribution >= 4 is 32.9 Å². The summed E-state index contributed by atoms with van der Waals surface area (Å²) in [6, 6.07) is 60.0. The van der Waals surface area contributed by atoms with Crippen LogP contribution in [-0.2, 0) is 0 Å². The molecule has 6 heteroatoms. The van der Waals surface area contributed by atoms with Crippen molar-refractivity contribution in [2.75, 3.05) is 0 Å². The first-order valence-corrected chi connectivity index (χ1v) is 17.2. The van der Waals surface area contributed by atoms with Gasteiger partial charge in [-0.3, -0.25) is 0 Å². The Hall–Kier alpha value is -7.18. The molecule has 0 atom stereocenters. The second-order valence-corrected chi connectivity index (χ2v) is 12.7. The van der Waals surface area contributed by atoms with E-state index in [1.807, 2.05) is 103 Å². The molecule has 0 amide bonds. The Balaban J connectivity index is 1.21. The van der Waals surface area contributed by atoms with Crippen molar-refractivity contribution in [3.05, 3.63) is 176 Å². The van der Waals surface area contributed by atoms with E-state index in [-0.39, 0.29) is 0 Å². The van der Waals surface area contributed by atoms with E-state index in [1.54, 1.807) is 0 Å². The molecule has 0 saturated carbocycles. The van der Waals surface area contributed by atoms with Crippen LogP contribution in [0.5, 0.6) is 0 Å². The Bertz CT molecular complexity index is 2820. The summed E-state index contributed by atoms with van der Waals surface area (Å²) in [7, 11) is 0. The first-order chi connectivity index (χ1) is 25.8. The summed E-state index contributed by atoms with van der Waals surface area (Å²) in [5.41, 5.74) is 10.7. The van der Waals surface area contributed by atoms with Crippen LogP contribution in [0.2, 0.25) is 0 Å². The maximum atomic E-state index is 6.14. The summed E-state index contributed by atoms with van der Waals surface area (Å²) in [5.74, 6) is 2.49. The topological polar surface area (TPSA) is 69.6 Å². The molecule has 0 saturated heterocycles. The molecule has 0 aliphatic carbocycles. The van der Waals surface area contributed by atoms with Crippen molar-refractivity contribution in [1.82, 2.24) is 24.5 Å². The summed E-state index contributed by atoms with van der Waals surface area (Å²) in [6.07, 6.45) is 0. The molecule has 10 rings (SSSR count). The maximum absolute atomic E-state index is 6.14. The first-order valence-electron chi connectivity index (χ1n) is 17.2. The Morgan fingerprint density at radius 1 is 0.404 bits per heavy atom. The minimum absolute atomic E-state index is 0.612. The largest absolute Gasteiger partial charge is 0.436 e. The van der Waals surface area contributed by atoms with Crippen LogP contribution in [0.3, 0.4) is 0 Å². The van der Waals surface area contributed by atoms with Crippen LogP contribution in [0.25, 0.3) is 95.3 Å². The molecule has 0 aliphatic heterocycles. The lowest BCUT2D eigenvalue weighted by molar-refractivity contribution is 0.620. The summed E-state index contributed by atoms with van der Waals surface area (Å²) in [6.45, 7) is 0. The van der Waals surface area contributed by atoms with Gasteiger partial charge < -0.3 is 8.98 Å². The third kappa shape index (κ3) is 5.13. The quantitative estimate of drug-likeness (QED) is 0.176. The average molecular weight is 668 g/mol. The van der Waals surface area contributed by atoms with Crippen LogP contribution in [-0.4, -0.2) is 24.5 Å². The van der Waals surface area contributed by atoms with E-state index in [0.29, 0.717) is 23.4 Å². The van der Waals surface area contributed by atoms with E-state index in [9.17, 15) is 0 Å². The molecular formula is C46H29N5O. The molecule has 0 N–H and O–H groups in total. The second-order valence-electron chi connectivity index (χ2n) is 12.7. The highest BCUT2D eigenvalue weighted by atomic mass is 16.3. The number of benzene rings is 7. The molecule has 244 valence electrons. The molecule has 7 aromatic carbocycles. The fraction of sp³-hybridized carbons (Fsp3) is 0. The van der Waals surface area contributed by atoms with Gasteiger partial charge in [0, 0.05) is 38.7 Å². The van der Waals surface area contributed by atoms with Crippen molar-refractivity contribution in [1.29, 1.82) is 0 Å². The SMILES string of the molecule is c1ccc(-c2nc(-c3ccccc3)nc(-c3cccc4c3c3cc(-c5ccc6oc(-c7ccccc7)nc6c5)ccc3n4-c3ccccc3)n2)cc1. The standard InChI is InChI=1S/C46H29N5O/c1-5-14-30(15-6-1)43-48-44(31-16-7-2-8-17-31)50-45(49-43)36-22-13-23-40-42(36)37-28-33(24-26-39(37)51(40)35-20-11-4-12-21-35)34-25-27-41-38(29-34)47-46(52-41)32-18-9-3-10-19-32/h1-29H. The number of fused-ring (bicyclic) bond motifs is 4. The Labute approximate surface area is 299 Å². The third-order valence-corrected chi connectivity index (χ3v) is 9.49. The maximum Gasteiger partial charge on any atom is 0.227 e. The number of hydrogen-bond acceptors (Lipinski definition) is 5. The third-order valence-electron chi connectivity index (χ3n) is 9.49. The molecule has 0 aliphatic rings. The predicted molar refractivity (Wildman–Crippen MR) is 209 cm³/mol. The summed E-state index contributed by atoms with van der Waals surface area (Å²) in [5, 5.41) is 2.17. The zero-order valence-corrected chi connectivity index (χ0v) is 27.9. The number of nitrogens with zero attached hydrogens (tertiary/aromatic N) is 5. The summed E-state index contributed by atoms with van der Waals surface area (Å²) in [4.78, 5) is 20.1. The minimum Gasteiger partial charge on any atom is -0.436 e. The molecule has 0 unspecified atom stereocenters. The molecule has 10 aromatic rings. The molecule has 0 radical (unpaired) electrons. The number of oxazole rings is 1. The predicted octanol–water partition coefficient (Wildman–Crippen LogP) is 11.4. The highest BCUT2D eigenvalue weighted by Gasteiger charge is 2.20. The van der Waals surface area contributed by atoms with Gasteiger partial charge in [-0.15, -0.1) is 0 Å². The smallest absolute Gasteiger partial charge is 0.227 e. The van der Waals surface area contributed by atoms with Crippen molar-refractivity contribution in [2.45, 2.75) is 0 Å². The number of hydrogen-bond donors (Lipinski definition) is 0. The van der Waals surface area contributed by atoms with Crippen molar-refractivity contribution in [3.63, 3.8) is 0 Å². The van der Waals surface area contributed by atoms with Crippen molar-refractivity contribution in [3.8, 4) is 62.4 Å². The molecule has 0 spiro atoms. The molecule has 3 heterocycles. The van der Waals surface area contributed by atoms with Gasteiger partial charge in [0.2, 0.25) is 5.89 Å². The van der Waals surface area contributed by atoms with Crippen LogP contribution < -0.4 is 0 Å². The normalized spacial score (nSPS) is 11.5. The van der Waals surface area contributed by atoms with Crippen LogP contribution in [0.4, 0.5) is 0 Å². The minimum atomic E-state index is 0.612. The number of rotatable bonds is 6. The molecule has 0 bridgehead atoms. The Kier molecular flexibility index (Phi) is 7.03. The second kappa shape index (κ2) is 12.3. The lowest BCUT2D eigenvalue weighted by Gasteiger charge is -2.10. The van der Waals surface area contributed by atoms with Gasteiger partial charge in [0.25, 0.3) is 0 Å². The molecule has 6 nitrogen and oxygen atoms in total. The van der Waals surface area contributed by atoms with Crippen LogP contribution >= 0.6 is 0 Å². The van der Waals surface area contributed by atoms with Gasteiger partial charge in [0.05, 0.1) is 11.0 Å². The van der Waals surface area contributed by atoms with Gasteiger partial charge in [0.15, 0.2) is 23.1 Å².